The van der Waals surface area contributed by atoms with Crippen molar-refractivity contribution in [2.45, 2.75) is 6.92 Å². The minimum Gasteiger partial charge on any atom is -0.492 e. The molecular weight excluding hydrogens is 458 g/mol. The third-order valence-electron chi connectivity index (χ3n) is 6.47. The highest BCUT2D eigenvalue weighted by molar-refractivity contribution is 6.13. The number of nitrogens with one attached hydrogen (secondary N) is 1. The fourth-order valence-corrected chi connectivity index (χ4v) is 4.52. The van der Waals surface area contributed by atoms with Crippen LogP contribution in [-0.2, 0) is 4.74 Å². The van der Waals surface area contributed by atoms with Gasteiger partial charge in [-0.3, -0.25) is 9.59 Å². The Morgan fingerprint density at radius 3 is 2.58 bits per heavy atom. The van der Waals surface area contributed by atoms with E-state index in [9.17, 15) is 9.59 Å². The van der Waals surface area contributed by atoms with Crippen molar-refractivity contribution >= 4 is 40.4 Å². The quantitative estimate of drug-likeness (QED) is 0.581. The van der Waals surface area contributed by atoms with E-state index in [1.165, 1.54) is 0 Å². The molecule has 3 heterocycles. The lowest BCUT2D eigenvalue weighted by Crippen LogP contribution is -2.40. The van der Waals surface area contributed by atoms with E-state index in [1.807, 2.05) is 55.3 Å². The fourth-order valence-electron chi connectivity index (χ4n) is 4.52. The Morgan fingerprint density at radius 1 is 1.03 bits per heavy atom. The van der Waals surface area contributed by atoms with E-state index in [0.29, 0.717) is 67.0 Å². The van der Waals surface area contributed by atoms with Crippen LogP contribution in [-0.4, -0.2) is 68.7 Å². The van der Waals surface area contributed by atoms with Crippen LogP contribution in [0.25, 0.3) is 0 Å². The number of hydrogen-bond acceptors (Lipinski definition) is 7. The van der Waals surface area contributed by atoms with Crippen molar-refractivity contribution in [3.05, 3.63) is 65.9 Å². The maximum Gasteiger partial charge on any atom is 0.260 e. The van der Waals surface area contributed by atoms with E-state index in [-0.39, 0.29) is 11.8 Å². The molecule has 1 N–H and O–H groups in total. The van der Waals surface area contributed by atoms with Gasteiger partial charge in [-0.15, -0.1) is 0 Å². The van der Waals surface area contributed by atoms with Gasteiger partial charge in [0, 0.05) is 38.8 Å². The Morgan fingerprint density at radius 2 is 1.81 bits per heavy atom. The Kier molecular flexibility index (Phi) is 6.47. The van der Waals surface area contributed by atoms with Gasteiger partial charge in [-0.25, -0.2) is 4.98 Å². The summed E-state index contributed by atoms with van der Waals surface area (Å²) in [7, 11) is 3.69. The first-order valence-corrected chi connectivity index (χ1v) is 12.0. The summed E-state index contributed by atoms with van der Waals surface area (Å²) in [6, 6.07) is 14.8. The molecule has 2 aliphatic heterocycles. The summed E-state index contributed by atoms with van der Waals surface area (Å²) < 4.78 is 11.2. The van der Waals surface area contributed by atoms with Crippen LogP contribution in [0.5, 0.6) is 5.75 Å². The number of para-hydroxylation sites is 1. The molecule has 1 saturated heterocycles. The average Bonchev–Trinajstić information content (AvgIpc) is 2.99. The first-order valence-electron chi connectivity index (χ1n) is 12.0. The van der Waals surface area contributed by atoms with Crippen LogP contribution in [0.4, 0.5) is 28.6 Å². The highest BCUT2D eigenvalue weighted by Crippen LogP contribution is 2.40. The van der Waals surface area contributed by atoms with Gasteiger partial charge in [-0.1, -0.05) is 12.1 Å². The number of aromatic nitrogens is 1. The second kappa shape index (κ2) is 9.87. The molecule has 0 unspecified atom stereocenters. The van der Waals surface area contributed by atoms with E-state index in [2.05, 4.69) is 10.3 Å². The van der Waals surface area contributed by atoms with Crippen LogP contribution < -0.4 is 19.9 Å². The number of pyridine rings is 1. The normalized spacial score (nSPS) is 15.2. The summed E-state index contributed by atoms with van der Waals surface area (Å²) in [5.74, 6) is 1.04. The number of morpholine rings is 1. The molecule has 0 bridgehead atoms. The van der Waals surface area contributed by atoms with Crippen LogP contribution in [0.3, 0.4) is 0 Å². The smallest absolute Gasteiger partial charge is 0.260 e. The highest BCUT2D eigenvalue weighted by Gasteiger charge is 2.28. The van der Waals surface area contributed by atoms with Crippen molar-refractivity contribution in [3.63, 3.8) is 0 Å². The summed E-state index contributed by atoms with van der Waals surface area (Å²) >= 11 is 0. The molecule has 3 aromatic rings. The SMILES string of the molecule is CCOc1cc(C(=O)N2CCOCC2)ccc1Nc1cc2c(cn1)N(C)C(=O)c1ccccc1N2C. The molecule has 2 aromatic carbocycles. The summed E-state index contributed by atoms with van der Waals surface area (Å²) in [5, 5.41) is 3.33. The van der Waals surface area contributed by atoms with Crippen molar-refractivity contribution in [1.29, 1.82) is 0 Å². The molecule has 1 fully saturated rings. The van der Waals surface area contributed by atoms with Gasteiger partial charge in [0.05, 0.1) is 54.3 Å². The molecule has 2 aliphatic rings. The zero-order chi connectivity index (χ0) is 25.2. The van der Waals surface area contributed by atoms with Crippen molar-refractivity contribution in [1.82, 2.24) is 9.88 Å². The van der Waals surface area contributed by atoms with Crippen LogP contribution in [0.15, 0.2) is 54.7 Å². The van der Waals surface area contributed by atoms with Gasteiger partial charge in [0.15, 0.2) is 0 Å². The van der Waals surface area contributed by atoms with Crippen LogP contribution in [0.1, 0.15) is 27.6 Å². The van der Waals surface area contributed by atoms with Gasteiger partial charge in [0.2, 0.25) is 0 Å². The molecule has 0 atom stereocenters. The van der Waals surface area contributed by atoms with Gasteiger partial charge >= 0.3 is 0 Å². The number of amides is 2. The monoisotopic (exact) mass is 487 g/mol. The Balaban J connectivity index is 1.46. The summed E-state index contributed by atoms with van der Waals surface area (Å²) in [5.41, 5.74) is 4.27. The second-order valence-corrected chi connectivity index (χ2v) is 8.67. The number of hydrogen-bond donors (Lipinski definition) is 1. The number of carbonyl (C=O) groups is 2. The molecule has 9 heteroatoms. The molecule has 186 valence electrons. The van der Waals surface area contributed by atoms with Crippen molar-refractivity contribution in [2.24, 2.45) is 0 Å². The Bertz CT molecular complexity index is 1310. The molecule has 0 saturated carbocycles. The van der Waals surface area contributed by atoms with Crippen LogP contribution in [0.2, 0.25) is 0 Å². The number of ether oxygens (including phenoxy) is 2. The number of fused-ring (bicyclic) bond motifs is 2. The van der Waals surface area contributed by atoms with Crippen LogP contribution in [0, 0.1) is 0 Å². The maximum absolute atomic E-state index is 13.0. The zero-order valence-corrected chi connectivity index (χ0v) is 20.7. The van der Waals surface area contributed by atoms with Gasteiger partial charge in [-0.05, 0) is 37.3 Å². The van der Waals surface area contributed by atoms with Gasteiger partial charge in [0.1, 0.15) is 11.6 Å². The lowest BCUT2D eigenvalue weighted by atomic mass is 10.1. The van der Waals surface area contributed by atoms with Crippen molar-refractivity contribution in [2.75, 3.05) is 62.1 Å². The molecule has 2 amide bonds. The number of rotatable bonds is 5. The van der Waals surface area contributed by atoms with Crippen LogP contribution >= 0.6 is 0 Å². The largest absolute Gasteiger partial charge is 0.492 e. The van der Waals surface area contributed by atoms with E-state index in [0.717, 1.165) is 11.4 Å². The first kappa shape index (κ1) is 23.6. The Hall–Kier alpha value is -4.11. The molecule has 1 aromatic heterocycles. The number of carbonyl (C=O) groups excluding carboxylic acids is 2. The van der Waals surface area contributed by atoms with Crippen molar-refractivity contribution in [3.8, 4) is 5.75 Å². The second-order valence-electron chi connectivity index (χ2n) is 8.67. The third kappa shape index (κ3) is 4.33. The molecule has 5 rings (SSSR count). The zero-order valence-electron chi connectivity index (χ0n) is 20.7. The summed E-state index contributed by atoms with van der Waals surface area (Å²) in [6.45, 7) is 4.61. The van der Waals surface area contributed by atoms with Gasteiger partial charge < -0.3 is 29.5 Å². The molecule has 0 spiro atoms. The van der Waals surface area contributed by atoms with E-state index < -0.39 is 0 Å². The average molecular weight is 488 g/mol. The third-order valence-corrected chi connectivity index (χ3v) is 6.47. The van der Waals surface area contributed by atoms with Crippen molar-refractivity contribution < 1.29 is 19.1 Å². The van der Waals surface area contributed by atoms with E-state index in [1.54, 1.807) is 35.2 Å². The topological polar surface area (TPSA) is 87.2 Å². The lowest BCUT2D eigenvalue weighted by Gasteiger charge is -2.27. The maximum atomic E-state index is 13.0. The lowest BCUT2D eigenvalue weighted by molar-refractivity contribution is 0.0302. The summed E-state index contributed by atoms with van der Waals surface area (Å²) in [4.78, 5) is 36.0. The van der Waals surface area contributed by atoms with E-state index in [4.69, 9.17) is 9.47 Å². The molecule has 9 nitrogen and oxygen atoms in total. The molecular formula is C27H29N5O4. The fraction of sp³-hybridized carbons (Fsp3) is 0.296. The Labute approximate surface area is 210 Å². The highest BCUT2D eigenvalue weighted by atomic mass is 16.5. The summed E-state index contributed by atoms with van der Waals surface area (Å²) in [6.07, 6.45) is 1.69. The molecule has 0 aliphatic carbocycles. The number of anilines is 5. The molecule has 0 radical (unpaired) electrons. The molecule has 36 heavy (non-hydrogen) atoms. The van der Waals surface area contributed by atoms with Gasteiger partial charge in [0.25, 0.3) is 11.8 Å². The number of benzene rings is 2. The number of nitrogens with zero attached hydrogens (tertiary/aromatic N) is 4. The predicted octanol–water partition coefficient (Wildman–Crippen LogP) is 4.05. The van der Waals surface area contributed by atoms with Gasteiger partial charge in [-0.2, -0.15) is 0 Å². The predicted molar refractivity (Wildman–Crippen MR) is 139 cm³/mol. The first-order chi connectivity index (χ1) is 17.5. The minimum atomic E-state index is -0.0853. The standard InChI is InChI=1S/C27H29N5O4/c1-4-36-24-15-18(26(33)32-11-13-35-14-12-32)9-10-20(24)29-25-16-22-23(17-28-25)31(3)27(34)19-7-5-6-8-21(19)30(22)2/h5-10,15-17H,4,11-14H2,1-3H3,(H,28,29). The minimum absolute atomic E-state index is 0.0399. The van der Waals surface area contributed by atoms with E-state index >= 15 is 0 Å².